The van der Waals surface area contributed by atoms with Crippen LogP contribution in [0.15, 0.2) is 29.2 Å². The number of hydrogen-bond donors (Lipinski definition) is 3. The summed E-state index contributed by atoms with van der Waals surface area (Å²) in [7, 11) is 0. The topological polar surface area (TPSA) is 99.3 Å². The van der Waals surface area contributed by atoms with Crippen molar-refractivity contribution in [1.82, 2.24) is 10.3 Å². The number of nitrogens with one attached hydrogen (secondary N) is 2. The van der Waals surface area contributed by atoms with E-state index in [2.05, 4.69) is 17.2 Å². The molecule has 0 atom stereocenters. The van der Waals surface area contributed by atoms with Crippen molar-refractivity contribution < 1.29 is 14.7 Å². The number of unbranched alkanes of at least 4 members (excludes halogenated alkanes) is 5. The Hall–Kier alpha value is -2.63. The van der Waals surface area contributed by atoms with Crippen molar-refractivity contribution in [1.29, 1.82) is 0 Å². The standard InChI is InChI=1S/C19H24N2O4/c1-2-3-4-5-6-7-10-20-18(23)15-12-21-16-9-8-13(19(24)25)11-14(16)17(15)22/h8-9,11-12H,2-7,10H2,1H3,(H,20,23)(H,21,22)(H,24,25). The Labute approximate surface area is 146 Å². The van der Waals surface area contributed by atoms with Crippen LogP contribution in [0.3, 0.4) is 0 Å². The van der Waals surface area contributed by atoms with E-state index in [4.69, 9.17) is 5.11 Å². The van der Waals surface area contributed by atoms with E-state index in [1.165, 1.54) is 43.7 Å². The number of hydrogen-bond acceptors (Lipinski definition) is 3. The molecule has 0 aliphatic carbocycles. The van der Waals surface area contributed by atoms with E-state index in [0.717, 1.165) is 19.3 Å². The number of carboxylic acids is 1. The smallest absolute Gasteiger partial charge is 0.335 e. The molecular formula is C19H24N2O4. The highest BCUT2D eigenvalue weighted by molar-refractivity contribution is 5.98. The minimum absolute atomic E-state index is 0.000946. The predicted molar refractivity (Wildman–Crippen MR) is 97.2 cm³/mol. The van der Waals surface area contributed by atoms with Crippen LogP contribution in [-0.4, -0.2) is 28.5 Å². The molecule has 1 aromatic carbocycles. The molecule has 1 amide bonds. The van der Waals surface area contributed by atoms with E-state index in [1.807, 2.05) is 0 Å². The number of aromatic amines is 1. The van der Waals surface area contributed by atoms with Crippen LogP contribution in [0.25, 0.3) is 10.9 Å². The molecule has 0 spiro atoms. The first-order valence-corrected chi connectivity index (χ1v) is 8.71. The van der Waals surface area contributed by atoms with Crippen molar-refractivity contribution in [2.24, 2.45) is 0 Å². The largest absolute Gasteiger partial charge is 0.478 e. The van der Waals surface area contributed by atoms with E-state index < -0.39 is 17.3 Å². The fourth-order valence-electron chi connectivity index (χ4n) is 2.72. The summed E-state index contributed by atoms with van der Waals surface area (Å²) in [5.74, 6) is -1.54. The monoisotopic (exact) mass is 344 g/mol. The lowest BCUT2D eigenvalue weighted by Crippen LogP contribution is -2.29. The van der Waals surface area contributed by atoms with Gasteiger partial charge in [-0.05, 0) is 24.6 Å². The molecule has 0 radical (unpaired) electrons. The van der Waals surface area contributed by atoms with Crippen LogP contribution in [0.2, 0.25) is 0 Å². The maximum atomic E-state index is 12.5. The normalized spacial score (nSPS) is 10.8. The molecule has 0 saturated carbocycles. The first-order valence-electron chi connectivity index (χ1n) is 8.71. The number of carbonyl (C=O) groups excluding carboxylic acids is 1. The van der Waals surface area contributed by atoms with Crippen molar-refractivity contribution in [3.63, 3.8) is 0 Å². The van der Waals surface area contributed by atoms with Crippen molar-refractivity contribution in [3.05, 3.63) is 45.7 Å². The summed E-state index contributed by atoms with van der Waals surface area (Å²) in [5, 5.41) is 12.0. The van der Waals surface area contributed by atoms with Gasteiger partial charge < -0.3 is 15.4 Å². The third kappa shape index (κ3) is 4.92. The number of carbonyl (C=O) groups is 2. The minimum atomic E-state index is -1.11. The summed E-state index contributed by atoms with van der Waals surface area (Å²) < 4.78 is 0. The number of pyridine rings is 1. The Morgan fingerprint density at radius 1 is 1.12 bits per heavy atom. The lowest BCUT2D eigenvalue weighted by molar-refractivity contribution is 0.0696. The molecule has 0 fully saturated rings. The summed E-state index contributed by atoms with van der Waals surface area (Å²) in [6, 6.07) is 4.23. The van der Waals surface area contributed by atoms with Crippen LogP contribution in [-0.2, 0) is 0 Å². The Kier molecular flexibility index (Phi) is 6.74. The van der Waals surface area contributed by atoms with Crippen molar-refractivity contribution >= 4 is 22.8 Å². The van der Waals surface area contributed by atoms with Crippen molar-refractivity contribution in [2.45, 2.75) is 45.4 Å². The summed E-state index contributed by atoms with van der Waals surface area (Å²) in [6.45, 7) is 2.69. The van der Waals surface area contributed by atoms with Gasteiger partial charge in [-0.15, -0.1) is 0 Å². The second-order valence-corrected chi connectivity index (χ2v) is 6.12. The Balaban J connectivity index is 2.02. The second-order valence-electron chi connectivity index (χ2n) is 6.12. The average molecular weight is 344 g/mol. The number of fused-ring (bicyclic) bond motifs is 1. The van der Waals surface area contributed by atoms with Gasteiger partial charge >= 0.3 is 5.97 Å². The van der Waals surface area contributed by atoms with Gasteiger partial charge in [-0.25, -0.2) is 4.79 Å². The number of H-pyrrole nitrogens is 1. The minimum Gasteiger partial charge on any atom is -0.478 e. The maximum absolute atomic E-state index is 12.5. The van der Waals surface area contributed by atoms with Gasteiger partial charge in [0.2, 0.25) is 5.43 Å². The average Bonchev–Trinajstić information content (AvgIpc) is 2.60. The summed E-state index contributed by atoms with van der Waals surface area (Å²) >= 11 is 0. The van der Waals surface area contributed by atoms with Gasteiger partial charge in [0.25, 0.3) is 5.91 Å². The fourth-order valence-corrected chi connectivity index (χ4v) is 2.72. The Morgan fingerprint density at radius 2 is 1.84 bits per heavy atom. The molecule has 1 aromatic heterocycles. The molecule has 0 aliphatic heterocycles. The summed E-state index contributed by atoms with van der Waals surface area (Å²) in [5.41, 5.74) is 0.0587. The molecule has 0 unspecified atom stereocenters. The van der Waals surface area contributed by atoms with Gasteiger partial charge in [-0.1, -0.05) is 39.0 Å². The first-order chi connectivity index (χ1) is 12.0. The highest BCUT2D eigenvalue weighted by atomic mass is 16.4. The molecule has 0 saturated heterocycles. The highest BCUT2D eigenvalue weighted by Crippen LogP contribution is 2.11. The van der Waals surface area contributed by atoms with Gasteiger partial charge in [0.1, 0.15) is 5.56 Å². The zero-order valence-electron chi connectivity index (χ0n) is 14.4. The third-order valence-corrected chi connectivity index (χ3v) is 4.19. The molecule has 1 heterocycles. The van der Waals surface area contributed by atoms with Gasteiger partial charge in [-0.3, -0.25) is 9.59 Å². The van der Waals surface area contributed by atoms with Crippen LogP contribution in [0.1, 0.15) is 66.2 Å². The molecule has 134 valence electrons. The molecule has 3 N–H and O–H groups in total. The Bertz CT molecular complexity index is 811. The zero-order valence-corrected chi connectivity index (χ0v) is 14.4. The molecule has 0 aliphatic rings. The number of carboxylic acid groups (broad SMARTS) is 1. The van der Waals surface area contributed by atoms with Gasteiger partial charge in [-0.2, -0.15) is 0 Å². The van der Waals surface area contributed by atoms with Gasteiger partial charge in [0.05, 0.1) is 5.56 Å². The van der Waals surface area contributed by atoms with Gasteiger partial charge in [0, 0.05) is 23.6 Å². The molecule has 6 nitrogen and oxygen atoms in total. The number of aromatic nitrogens is 1. The SMILES string of the molecule is CCCCCCCCNC(=O)c1c[nH]c2ccc(C(=O)O)cc2c1=O. The Morgan fingerprint density at radius 3 is 2.56 bits per heavy atom. The first kappa shape index (κ1) is 18.7. The number of rotatable bonds is 9. The van der Waals surface area contributed by atoms with Crippen LogP contribution in [0, 0.1) is 0 Å². The molecule has 25 heavy (non-hydrogen) atoms. The quantitative estimate of drug-likeness (QED) is 0.608. The van der Waals surface area contributed by atoms with E-state index in [-0.39, 0.29) is 16.5 Å². The zero-order chi connectivity index (χ0) is 18.2. The van der Waals surface area contributed by atoms with Crippen LogP contribution >= 0.6 is 0 Å². The van der Waals surface area contributed by atoms with Crippen LogP contribution < -0.4 is 10.7 Å². The van der Waals surface area contributed by atoms with Crippen LogP contribution in [0.5, 0.6) is 0 Å². The molecule has 2 rings (SSSR count). The number of benzene rings is 1. The number of amides is 1. The molecule has 0 bridgehead atoms. The lowest BCUT2D eigenvalue weighted by Gasteiger charge is -2.06. The number of aromatic carboxylic acids is 1. The lowest BCUT2D eigenvalue weighted by atomic mass is 10.1. The van der Waals surface area contributed by atoms with E-state index in [0.29, 0.717) is 12.1 Å². The van der Waals surface area contributed by atoms with E-state index >= 15 is 0 Å². The molecular weight excluding hydrogens is 320 g/mol. The van der Waals surface area contributed by atoms with Gasteiger partial charge in [0.15, 0.2) is 0 Å². The second kappa shape index (κ2) is 9.01. The third-order valence-electron chi connectivity index (χ3n) is 4.19. The fraction of sp³-hybridized carbons (Fsp3) is 0.421. The maximum Gasteiger partial charge on any atom is 0.335 e. The predicted octanol–water partition coefficient (Wildman–Crippen LogP) is 3.32. The van der Waals surface area contributed by atoms with E-state index in [9.17, 15) is 14.4 Å². The highest BCUT2D eigenvalue weighted by Gasteiger charge is 2.14. The van der Waals surface area contributed by atoms with Crippen molar-refractivity contribution in [2.75, 3.05) is 6.54 Å². The molecule has 6 heteroatoms. The molecule has 2 aromatic rings. The van der Waals surface area contributed by atoms with Crippen LogP contribution in [0.4, 0.5) is 0 Å². The summed E-state index contributed by atoms with van der Waals surface area (Å²) in [4.78, 5) is 38.6. The summed E-state index contributed by atoms with van der Waals surface area (Å²) in [6.07, 6.45) is 8.10. The van der Waals surface area contributed by atoms with Crippen molar-refractivity contribution in [3.8, 4) is 0 Å². The van der Waals surface area contributed by atoms with E-state index in [1.54, 1.807) is 0 Å².